The van der Waals surface area contributed by atoms with E-state index in [1.54, 1.807) is 0 Å². The Morgan fingerprint density at radius 3 is 2.69 bits per heavy atom. The maximum atomic E-state index is 12.0. The Morgan fingerprint density at radius 2 is 2.31 bits per heavy atom. The molecule has 0 spiro atoms. The number of amidine groups is 1. The molecule has 1 N–H and O–H groups in total. The SMILES string of the molecule is COC(=O)[C@@H]1CN=C(C(F)(F)F)N1. The van der Waals surface area contributed by atoms with Crippen molar-refractivity contribution in [3.05, 3.63) is 0 Å². The zero-order valence-corrected chi connectivity index (χ0v) is 6.68. The van der Waals surface area contributed by atoms with E-state index in [9.17, 15) is 18.0 Å². The van der Waals surface area contributed by atoms with Gasteiger partial charge in [-0.25, -0.2) is 4.79 Å². The molecule has 0 aromatic carbocycles. The number of methoxy groups -OCH3 is 1. The van der Waals surface area contributed by atoms with E-state index in [0.29, 0.717) is 0 Å². The molecule has 74 valence electrons. The van der Waals surface area contributed by atoms with Crippen LogP contribution in [0, 0.1) is 0 Å². The van der Waals surface area contributed by atoms with E-state index in [0.717, 1.165) is 7.11 Å². The first-order chi connectivity index (χ1) is 5.95. The second kappa shape index (κ2) is 3.23. The number of nitrogens with zero attached hydrogens (tertiary/aromatic N) is 1. The maximum absolute atomic E-state index is 12.0. The van der Waals surface area contributed by atoms with Gasteiger partial charge in [0.2, 0.25) is 5.84 Å². The first-order valence-corrected chi connectivity index (χ1v) is 3.41. The van der Waals surface area contributed by atoms with Crippen molar-refractivity contribution in [2.75, 3.05) is 13.7 Å². The van der Waals surface area contributed by atoms with Gasteiger partial charge in [-0.1, -0.05) is 0 Å². The van der Waals surface area contributed by atoms with Crippen LogP contribution in [0.25, 0.3) is 0 Å². The van der Waals surface area contributed by atoms with Gasteiger partial charge in [-0.15, -0.1) is 0 Å². The van der Waals surface area contributed by atoms with Gasteiger partial charge < -0.3 is 10.1 Å². The van der Waals surface area contributed by atoms with E-state index in [2.05, 4.69) is 9.73 Å². The van der Waals surface area contributed by atoms with Gasteiger partial charge >= 0.3 is 12.1 Å². The second-order valence-corrected chi connectivity index (χ2v) is 2.41. The predicted molar refractivity (Wildman–Crippen MR) is 37.3 cm³/mol. The minimum Gasteiger partial charge on any atom is -0.467 e. The summed E-state index contributed by atoms with van der Waals surface area (Å²) in [5.41, 5.74) is 0. The Balaban J connectivity index is 2.57. The van der Waals surface area contributed by atoms with E-state index in [4.69, 9.17) is 0 Å². The molecule has 13 heavy (non-hydrogen) atoms. The van der Waals surface area contributed by atoms with Crippen molar-refractivity contribution in [2.45, 2.75) is 12.2 Å². The normalized spacial score (nSPS) is 22.2. The number of ether oxygens (including phenoxy) is 1. The summed E-state index contributed by atoms with van der Waals surface area (Å²) in [4.78, 5) is 13.9. The first kappa shape index (κ1) is 9.82. The van der Waals surface area contributed by atoms with E-state index >= 15 is 0 Å². The fourth-order valence-electron chi connectivity index (χ4n) is 0.886. The number of carbonyl (C=O) groups is 1. The van der Waals surface area contributed by atoms with Crippen molar-refractivity contribution in [1.82, 2.24) is 5.32 Å². The number of hydrogen-bond acceptors (Lipinski definition) is 4. The van der Waals surface area contributed by atoms with Crippen molar-refractivity contribution in [2.24, 2.45) is 4.99 Å². The topological polar surface area (TPSA) is 50.7 Å². The lowest BCUT2D eigenvalue weighted by Crippen LogP contribution is -2.43. The highest BCUT2D eigenvalue weighted by molar-refractivity contribution is 5.94. The number of aliphatic imine (C=N–C) groups is 1. The van der Waals surface area contributed by atoms with Crippen LogP contribution in [0.15, 0.2) is 4.99 Å². The minimum absolute atomic E-state index is 0.235. The second-order valence-electron chi connectivity index (χ2n) is 2.41. The lowest BCUT2D eigenvalue weighted by Gasteiger charge is -2.10. The van der Waals surface area contributed by atoms with Crippen LogP contribution in [-0.2, 0) is 9.53 Å². The van der Waals surface area contributed by atoms with Gasteiger partial charge in [0.15, 0.2) is 0 Å². The summed E-state index contributed by atoms with van der Waals surface area (Å²) in [5, 5.41) is 1.93. The average molecular weight is 196 g/mol. The molecule has 0 aromatic heterocycles. The molecule has 0 radical (unpaired) electrons. The third-order valence-corrected chi connectivity index (χ3v) is 1.50. The molecule has 0 bridgehead atoms. The lowest BCUT2D eigenvalue weighted by molar-refractivity contribution is -0.142. The Hall–Kier alpha value is -1.27. The molecular formula is C6H7F3N2O2. The molecule has 0 aliphatic carbocycles. The van der Waals surface area contributed by atoms with Gasteiger partial charge in [0.05, 0.1) is 13.7 Å². The molecule has 1 atom stereocenters. The van der Waals surface area contributed by atoms with Crippen LogP contribution >= 0.6 is 0 Å². The fourth-order valence-corrected chi connectivity index (χ4v) is 0.886. The summed E-state index contributed by atoms with van der Waals surface area (Å²) in [5.74, 6) is -1.87. The molecule has 0 unspecified atom stereocenters. The van der Waals surface area contributed by atoms with E-state index < -0.39 is 24.0 Å². The number of alkyl halides is 3. The van der Waals surface area contributed by atoms with Crippen LogP contribution in [0.1, 0.15) is 0 Å². The highest BCUT2D eigenvalue weighted by Gasteiger charge is 2.41. The third-order valence-electron chi connectivity index (χ3n) is 1.50. The fraction of sp³-hybridized carbons (Fsp3) is 0.667. The van der Waals surface area contributed by atoms with Gasteiger partial charge in [0.25, 0.3) is 0 Å². The van der Waals surface area contributed by atoms with Crippen molar-refractivity contribution in [3.63, 3.8) is 0 Å². The molecular weight excluding hydrogens is 189 g/mol. The van der Waals surface area contributed by atoms with Crippen LogP contribution in [-0.4, -0.2) is 37.7 Å². The smallest absolute Gasteiger partial charge is 0.448 e. The molecule has 1 aliphatic heterocycles. The predicted octanol–water partition coefficient (Wildman–Crippen LogP) is 0.0920. The van der Waals surface area contributed by atoms with E-state index in [-0.39, 0.29) is 6.54 Å². The average Bonchev–Trinajstić information content (AvgIpc) is 2.50. The Bertz CT molecular complexity index is 249. The third kappa shape index (κ3) is 2.10. The number of esters is 1. The van der Waals surface area contributed by atoms with Crippen LogP contribution in [0.2, 0.25) is 0 Å². The molecule has 1 aliphatic rings. The van der Waals surface area contributed by atoms with Gasteiger partial charge in [0.1, 0.15) is 6.04 Å². The lowest BCUT2D eigenvalue weighted by atomic mass is 10.3. The minimum atomic E-state index is -4.53. The summed E-state index contributed by atoms with van der Waals surface area (Å²) >= 11 is 0. The highest BCUT2D eigenvalue weighted by atomic mass is 19.4. The Kier molecular flexibility index (Phi) is 2.44. The zero-order chi connectivity index (χ0) is 10.1. The quantitative estimate of drug-likeness (QED) is 0.605. The Morgan fingerprint density at radius 1 is 1.69 bits per heavy atom. The molecule has 0 saturated carbocycles. The van der Waals surface area contributed by atoms with Crippen LogP contribution in [0.3, 0.4) is 0 Å². The molecule has 7 heteroatoms. The molecule has 1 heterocycles. The molecule has 0 amide bonds. The molecule has 0 fully saturated rings. The Labute approximate surface area is 71.8 Å². The van der Waals surface area contributed by atoms with Gasteiger partial charge in [-0.3, -0.25) is 4.99 Å². The number of hydrogen-bond donors (Lipinski definition) is 1. The number of carbonyl (C=O) groups excluding carboxylic acids is 1. The molecule has 0 saturated heterocycles. The van der Waals surface area contributed by atoms with Crippen LogP contribution < -0.4 is 5.32 Å². The van der Waals surface area contributed by atoms with Gasteiger partial charge in [0, 0.05) is 0 Å². The monoisotopic (exact) mass is 196 g/mol. The van der Waals surface area contributed by atoms with Gasteiger partial charge in [-0.05, 0) is 0 Å². The van der Waals surface area contributed by atoms with E-state index in [1.807, 2.05) is 5.32 Å². The van der Waals surface area contributed by atoms with Crippen LogP contribution in [0.5, 0.6) is 0 Å². The number of rotatable bonds is 1. The largest absolute Gasteiger partial charge is 0.467 e. The molecule has 1 rings (SSSR count). The molecule has 0 aromatic rings. The van der Waals surface area contributed by atoms with E-state index in [1.165, 1.54) is 0 Å². The van der Waals surface area contributed by atoms with Gasteiger partial charge in [-0.2, -0.15) is 13.2 Å². The van der Waals surface area contributed by atoms with Crippen molar-refractivity contribution in [3.8, 4) is 0 Å². The summed E-state index contributed by atoms with van der Waals surface area (Å²) in [7, 11) is 1.11. The summed E-state index contributed by atoms with van der Waals surface area (Å²) in [6.45, 7) is -0.235. The molecule has 4 nitrogen and oxygen atoms in total. The van der Waals surface area contributed by atoms with Crippen molar-refractivity contribution >= 4 is 11.8 Å². The van der Waals surface area contributed by atoms with Crippen molar-refractivity contribution in [1.29, 1.82) is 0 Å². The zero-order valence-electron chi connectivity index (χ0n) is 6.68. The summed E-state index contributed by atoms with van der Waals surface area (Å²) in [6, 6.07) is -1.01. The van der Waals surface area contributed by atoms with Crippen LogP contribution in [0.4, 0.5) is 13.2 Å². The standard InChI is InChI=1S/C6H7F3N2O2/c1-13-4(12)3-2-10-5(11-3)6(7,8)9/h3H,2H2,1H3,(H,10,11)/t3-/m0/s1. The maximum Gasteiger partial charge on any atom is 0.448 e. The number of halogens is 3. The first-order valence-electron chi connectivity index (χ1n) is 3.41. The summed E-state index contributed by atoms with van der Waals surface area (Å²) in [6.07, 6.45) is -4.53. The number of nitrogens with one attached hydrogen (secondary N) is 1. The highest BCUT2D eigenvalue weighted by Crippen LogP contribution is 2.18. The summed E-state index contributed by atoms with van der Waals surface area (Å²) < 4.78 is 40.1. The van der Waals surface area contributed by atoms with Crippen molar-refractivity contribution < 1.29 is 22.7 Å².